The van der Waals surface area contributed by atoms with Gasteiger partial charge in [-0.05, 0) is 74.6 Å². The smallest absolute Gasteiger partial charge is 0.246 e. The van der Waals surface area contributed by atoms with Gasteiger partial charge in [-0.25, -0.2) is 9.97 Å². The van der Waals surface area contributed by atoms with Crippen LogP contribution in [0.1, 0.15) is 48.0 Å². The van der Waals surface area contributed by atoms with Crippen molar-refractivity contribution in [1.82, 2.24) is 14.9 Å². The molecule has 1 N–H and O–H groups in total. The van der Waals surface area contributed by atoms with E-state index in [1.165, 1.54) is 18.8 Å². The lowest BCUT2D eigenvalue weighted by atomic mass is 10.0. The van der Waals surface area contributed by atoms with Crippen molar-refractivity contribution in [3.8, 4) is 11.5 Å². The molecule has 5 rings (SSSR count). The number of rotatable bonds is 8. The maximum absolute atomic E-state index is 14.0. The fourth-order valence-electron chi connectivity index (χ4n) is 5.10. The first-order valence-electron chi connectivity index (χ1n) is 13.3. The first-order chi connectivity index (χ1) is 18.6. The number of ether oxygens (including phenoxy) is 1. The van der Waals surface area contributed by atoms with Crippen LogP contribution in [-0.4, -0.2) is 58.8 Å². The molecule has 8 heteroatoms. The Bertz CT molecular complexity index is 1270. The van der Waals surface area contributed by atoms with Crippen molar-refractivity contribution in [2.24, 2.45) is 0 Å². The van der Waals surface area contributed by atoms with E-state index in [0.29, 0.717) is 41.6 Å². The number of nitrogens with one attached hydrogen (secondary N) is 1. The molecule has 2 fully saturated rings. The molecule has 196 valence electrons. The molecule has 0 radical (unpaired) electrons. The molecule has 8 nitrogen and oxygen atoms in total. The molecule has 0 spiro atoms. The van der Waals surface area contributed by atoms with Gasteiger partial charge in [0.05, 0.1) is 0 Å². The average Bonchev–Trinajstić information content (AvgIpc) is 2.98. The third-order valence-electron chi connectivity index (χ3n) is 7.05. The summed E-state index contributed by atoms with van der Waals surface area (Å²) in [6.07, 6.45) is 7.92. The number of nitrogens with zero attached hydrogens (tertiary/aromatic N) is 4. The number of ketones is 1. The molecule has 2 aliphatic rings. The Morgan fingerprint density at radius 2 is 1.66 bits per heavy atom. The highest BCUT2D eigenvalue weighted by Crippen LogP contribution is 2.31. The Hall–Kier alpha value is -4.20. The van der Waals surface area contributed by atoms with Gasteiger partial charge in [-0.3, -0.25) is 9.59 Å². The Balaban J connectivity index is 1.43. The quantitative estimate of drug-likeness (QED) is 0.333. The molecule has 2 aliphatic heterocycles. The topological polar surface area (TPSA) is 87.7 Å². The van der Waals surface area contributed by atoms with E-state index in [-0.39, 0.29) is 17.7 Å². The number of aromatic nitrogens is 2. The van der Waals surface area contributed by atoms with E-state index in [2.05, 4.69) is 26.8 Å². The predicted octanol–water partition coefficient (Wildman–Crippen LogP) is 5.08. The minimum absolute atomic E-state index is 0.0232. The SMILES string of the molecule is C=CC(=O)N1CCCC(Nc2ncnc(N3CCCCC3)c2C(=O)c2ccc(Oc3ccccc3)cc2)C1. The fourth-order valence-corrected chi connectivity index (χ4v) is 5.10. The summed E-state index contributed by atoms with van der Waals surface area (Å²) in [5.74, 6) is 2.33. The summed E-state index contributed by atoms with van der Waals surface area (Å²) >= 11 is 0. The maximum Gasteiger partial charge on any atom is 0.246 e. The molecule has 3 aromatic rings. The molecule has 0 aliphatic carbocycles. The molecule has 3 heterocycles. The monoisotopic (exact) mass is 511 g/mol. The zero-order valence-corrected chi connectivity index (χ0v) is 21.5. The van der Waals surface area contributed by atoms with Crippen molar-refractivity contribution in [2.75, 3.05) is 36.4 Å². The second-order valence-electron chi connectivity index (χ2n) is 9.71. The number of likely N-dealkylation sites (tertiary alicyclic amines) is 1. The number of carbonyl (C=O) groups excluding carboxylic acids is 2. The van der Waals surface area contributed by atoms with Gasteiger partial charge in [0.25, 0.3) is 0 Å². The number of hydrogen-bond donors (Lipinski definition) is 1. The van der Waals surface area contributed by atoms with Gasteiger partial charge in [0, 0.05) is 37.8 Å². The van der Waals surface area contributed by atoms with Crippen molar-refractivity contribution in [2.45, 2.75) is 38.1 Å². The van der Waals surface area contributed by atoms with Crippen LogP contribution in [0.3, 0.4) is 0 Å². The number of benzene rings is 2. The molecule has 38 heavy (non-hydrogen) atoms. The van der Waals surface area contributed by atoms with Crippen LogP contribution < -0.4 is 15.0 Å². The molecule has 0 saturated carbocycles. The highest BCUT2D eigenvalue weighted by molar-refractivity contribution is 6.15. The normalized spacial score (nSPS) is 17.5. The van der Waals surface area contributed by atoms with Gasteiger partial charge in [-0.2, -0.15) is 0 Å². The lowest BCUT2D eigenvalue weighted by molar-refractivity contribution is -0.127. The first kappa shape index (κ1) is 25.4. The third-order valence-corrected chi connectivity index (χ3v) is 7.05. The Morgan fingerprint density at radius 1 is 0.921 bits per heavy atom. The third kappa shape index (κ3) is 5.85. The van der Waals surface area contributed by atoms with Crippen LogP contribution in [0, 0.1) is 0 Å². The van der Waals surface area contributed by atoms with Gasteiger partial charge in [-0.15, -0.1) is 0 Å². The molecule has 2 saturated heterocycles. The van der Waals surface area contributed by atoms with Crippen LogP contribution in [0.15, 0.2) is 73.6 Å². The summed E-state index contributed by atoms with van der Waals surface area (Å²) < 4.78 is 5.90. The predicted molar refractivity (Wildman–Crippen MR) is 148 cm³/mol. The van der Waals surface area contributed by atoms with Crippen LogP contribution in [0.2, 0.25) is 0 Å². The second kappa shape index (κ2) is 11.9. The summed E-state index contributed by atoms with van der Waals surface area (Å²) in [5.41, 5.74) is 1.01. The van der Waals surface area contributed by atoms with Crippen LogP contribution in [0.4, 0.5) is 11.6 Å². The van der Waals surface area contributed by atoms with Crippen molar-refractivity contribution in [3.63, 3.8) is 0 Å². The minimum atomic E-state index is -0.144. The number of piperidine rings is 2. The zero-order chi connectivity index (χ0) is 26.3. The summed E-state index contributed by atoms with van der Waals surface area (Å²) in [6.45, 7) is 6.56. The largest absolute Gasteiger partial charge is 0.457 e. The number of carbonyl (C=O) groups is 2. The standard InChI is InChI=1S/C30H33N5O3/c1-2-26(36)35-19-9-10-23(20-35)33-29-27(30(32-21-31-29)34-17-7-4-8-18-34)28(37)22-13-15-25(16-14-22)38-24-11-5-3-6-12-24/h2-3,5-6,11-16,21,23H,1,4,7-10,17-20H2,(H,31,32,33). The van der Waals surface area contributed by atoms with Crippen LogP contribution in [-0.2, 0) is 4.79 Å². The molecular formula is C30H33N5O3. The Morgan fingerprint density at radius 3 is 2.39 bits per heavy atom. The lowest BCUT2D eigenvalue weighted by Gasteiger charge is -2.34. The highest BCUT2D eigenvalue weighted by atomic mass is 16.5. The van der Waals surface area contributed by atoms with Crippen LogP contribution in [0.5, 0.6) is 11.5 Å². The maximum atomic E-state index is 14.0. The molecule has 1 atom stereocenters. The van der Waals surface area contributed by atoms with E-state index in [9.17, 15) is 9.59 Å². The number of para-hydroxylation sites is 1. The molecule has 1 amide bonds. The van der Waals surface area contributed by atoms with Gasteiger partial charge in [0.15, 0.2) is 5.78 Å². The van der Waals surface area contributed by atoms with Crippen molar-refractivity contribution in [3.05, 3.63) is 84.7 Å². The van der Waals surface area contributed by atoms with E-state index in [1.54, 1.807) is 29.2 Å². The molecular weight excluding hydrogens is 478 g/mol. The van der Waals surface area contributed by atoms with Crippen LogP contribution >= 0.6 is 0 Å². The van der Waals surface area contributed by atoms with Gasteiger partial charge in [0.2, 0.25) is 5.91 Å². The second-order valence-corrected chi connectivity index (χ2v) is 9.71. The molecule has 0 bridgehead atoms. The zero-order valence-electron chi connectivity index (χ0n) is 21.5. The minimum Gasteiger partial charge on any atom is -0.457 e. The fraction of sp³-hybridized carbons (Fsp3) is 0.333. The van der Waals surface area contributed by atoms with E-state index < -0.39 is 0 Å². The van der Waals surface area contributed by atoms with Gasteiger partial charge < -0.3 is 19.9 Å². The van der Waals surface area contributed by atoms with E-state index in [4.69, 9.17) is 4.74 Å². The lowest BCUT2D eigenvalue weighted by Crippen LogP contribution is -2.44. The summed E-state index contributed by atoms with van der Waals surface area (Å²) in [7, 11) is 0. The Labute approximate surface area is 223 Å². The summed E-state index contributed by atoms with van der Waals surface area (Å²) in [5, 5.41) is 3.48. The highest BCUT2D eigenvalue weighted by Gasteiger charge is 2.28. The van der Waals surface area contributed by atoms with E-state index in [0.717, 1.165) is 44.5 Å². The first-order valence-corrected chi connectivity index (χ1v) is 13.3. The van der Waals surface area contributed by atoms with E-state index in [1.807, 2.05) is 30.3 Å². The van der Waals surface area contributed by atoms with Gasteiger partial charge in [0.1, 0.15) is 35.0 Å². The average molecular weight is 512 g/mol. The number of amides is 1. The van der Waals surface area contributed by atoms with E-state index >= 15 is 0 Å². The van der Waals surface area contributed by atoms with Gasteiger partial charge in [-0.1, -0.05) is 24.8 Å². The summed E-state index contributed by atoms with van der Waals surface area (Å²) in [4.78, 5) is 39.3. The van der Waals surface area contributed by atoms with Crippen molar-refractivity contribution < 1.29 is 14.3 Å². The molecule has 1 aromatic heterocycles. The van der Waals surface area contributed by atoms with Gasteiger partial charge >= 0.3 is 0 Å². The number of anilines is 2. The summed E-state index contributed by atoms with van der Waals surface area (Å²) in [6, 6.07) is 16.7. The van der Waals surface area contributed by atoms with Crippen LogP contribution in [0.25, 0.3) is 0 Å². The number of hydrogen-bond acceptors (Lipinski definition) is 7. The Kier molecular flexibility index (Phi) is 7.97. The van der Waals surface area contributed by atoms with Crippen molar-refractivity contribution in [1.29, 1.82) is 0 Å². The van der Waals surface area contributed by atoms with Crippen molar-refractivity contribution >= 4 is 23.3 Å². The molecule has 2 aromatic carbocycles. The molecule has 1 unspecified atom stereocenters.